The van der Waals surface area contributed by atoms with Crippen molar-refractivity contribution in [3.05, 3.63) is 51.7 Å². The highest BCUT2D eigenvalue weighted by atomic mass is 32.1. The quantitative estimate of drug-likeness (QED) is 0.894. The maximum absolute atomic E-state index is 13.9. The Balaban J connectivity index is 2.26. The maximum Gasteiger partial charge on any atom is 0.128 e. The van der Waals surface area contributed by atoms with Crippen LogP contribution in [-0.4, -0.2) is 11.5 Å². The van der Waals surface area contributed by atoms with Crippen molar-refractivity contribution in [2.75, 3.05) is 6.54 Å². The number of benzene rings is 1. The summed E-state index contributed by atoms with van der Waals surface area (Å²) in [6.45, 7) is 4.82. The summed E-state index contributed by atoms with van der Waals surface area (Å²) in [5.74, 6) is -0.150. The summed E-state index contributed by atoms with van der Waals surface area (Å²) in [6, 6.07) is 5.24. The van der Waals surface area contributed by atoms with Crippen molar-refractivity contribution >= 4 is 11.3 Å². The second-order valence-electron chi connectivity index (χ2n) is 4.27. The van der Waals surface area contributed by atoms with E-state index in [0.717, 1.165) is 29.1 Å². The zero-order valence-electron chi connectivity index (χ0n) is 10.6. The van der Waals surface area contributed by atoms with Crippen molar-refractivity contribution in [2.45, 2.75) is 26.3 Å². The first-order valence-corrected chi connectivity index (χ1v) is 6.96. The average Bonchev–Trinajstić information content (AvgIpc) is 2.85. The molecule has 1 aromatic carbocycles. The maximum atomic E-state index is 13.9. The van der Waals surface area contributed by atoms with E-state index >= 15 is 0 Å². The van der Waals surface area contributed by atoms with E-state index in [1.165, 1.54) is 6.07 Å². The molecule has 0 bridgehead atoms. The molecule has 1 atom stereocenters. The molecule has 0 spiro atoms. The monoisotopic (exact) mass is 264 g/mol. The first-order valence-electron chi connectivity index (χ1n) is 6.08. The minimum absolute atomic E-state index is 0.0129. The minimum atomic E-state index is -0.150. The summed E-state index contributed by atoms with van der Waals surface area (Å²) >= 11 is 1.61. The predicted molar refractivity (Wildman–Crippen MR) is 73.4 cm³/mol. The van der Waals surface area contributed by atoms with E-state index in [1.807, 2.05) is 25.3 Å². The third-order valence-electron chi connectivity index (χ3n) is 2.84. The first kappa shape index (κ1) is 13.2. The molecule has 1 aromatic heterocycles. The van der Waals surface area contributed by atoms with Gasteiger partial charge in [0.05, 0.1) is 5.01 Å². The van der Waals surface area contributed by atoms with Crippen molar-refractivity contribution in [1.82, 2.24) is 10.3 Å². The summed E-state index contributed by atoms with van der Waals surface area (Å²) < 4.78 is 13.9. The van der Waals surface area contributed by atoms with Crippen molar-refractivity contribution in [2.24, 2.45) is 0 Å². The topological polar surface area (TPSA) is 24.9 Å². The highest BCUT2D eigenvalue weighted by molar-refractivity contribution is 7.09. The molecular formula is C14H17FN2S. The zero-order valence-corrected chi connectivity index (χ0v) is 11.4. The third kappa shape index (κ3) is 3.15. The fraction of sp³-hybridized carbons (Fsp3) is 0.357. The highest BCUT2D eigenvalue weighted by Gasteiger charge is 2.16. The number of halogens is 1. The van der Waals surface area contributed by atoms with Crippen molar-refractivity contribution in [3.63, 3.8) is 0 Å². The lowest BCUT2D eigenvalue weighted by Crippen LogP contribution is -2.24. The molecule has 4 heteroatoms. The van der Waals surface area contributed by atoms with Gasteiger partial charge in [0.2, 0.25) is 0 Å². The lowest BCUT2D eigenvalue weighted by Gasteiger charge is -2.18. The van der Waals surface area contributed by atoms with E-state index in [2.05, 4.69) is 10.3 Å². The average molecular weight is 264 g/mol. The normalized spacial score (nSPS) is 12.6. The molecule has 0 aliphatic heterocycles. The van der Waals surface area contributed by atoms with E-state index in [1.54, 1.807) is 23.6 Å². The van der Waals surface area contributed by atoms with Crippen LogP contribution in [-0.2, 0) is 6.42 Å². The zero-order chi connectivity index (χ0) is 13.0. The van der Waals surface area contributed by atoms with E-state index in [4.69, 9.17) is 0 Å². The number of aryl methyl sites for hydroxylation is 1. The minimum Gasteiger partial charge on any atom is -0.310 e. The number of nitrogens with one attached hydrogen (secondary N) is 1. The van der Waals surface area contributed by atoms with E-state index in [9.17, 15) is 4.39 Å². The SMILES string of the molecule is CCNC(Cc1nccs1)c1cc(C)ccc1F. The molecule has 96 valence electrons. The summed E-state index contributed by atoms with van der Waals surface area (Å²) in [7, 11) is 0. The van der Waals surface area contributed by atoms with Crippen molar-refractivity contribution in [1.29, 1.82) is 0 Å². The van der Waals surface area contributed by atoms with Gasteiger partial charge >= 0.3 is 0 Å². The molecule has 18 heavy (non-hydrogen) atoms. The van der Waals surface area contributed by atoms with Gasteiger partial charge < -0.3 is 5.32 Å². The van der Waals surface area contributed by atoms with Crippen LogP contribution in [0.15, 0.2) is 29.8 Å². The first-order chi connectivity index (χ1) is 8.70. The number of hydrogen-bond donors (Lipinski definition) is 1. The van der Waals surface area contributed by atoms with Crippen LogP contribution in [0.3, 0.4) is 0 Å². The Kier molecular flexibility index (Phi) is 4.44. The van der Waals surface area contributed by atoms with Crippen LogP contribution < -0.4 is 5.32 Å². The van der Waals surface area contributed by atoms with Crippen LogP contribution in [0, 0.1) is 12.7 Å². The Bertz CT molecular complexity index is 497. The second kappa shape index (κ2) is 6.07. The van der Waals surface area contributed by atoms with Gasteiger partial charge in [-0.2, -0.15) is 0 Å². The molecule has 0 radical (unpaired) electrons. The smallest absolute Gasteiger partial charge is 0.128 e. The Morgan fingerprint density at radius 2 is 2.28 bits per heavy atom. The Morgan fingerprint density at radius 3 is 2.94 bits per heavy atom. The number of hydrogen-bond acceptors (Lipinski definition) is 3. The number of likely N-dealkylation sites (N-methyl/N-ethyl adjacent to an activating group) is 1. The standard InChI is InChI=1S/C14H17FN2S/c1-3-16-13(9-14-17-6-7-18-14)11-8-10(2)4-5-12(11)15/h4-8,13,16H,3,9H2,1-2H3. The summed E-state index contributed by atoms with van der Waals surface area (Å²) in [6.07, 6.45) is 2.52. The molecule has 2 nitrogen and oxygen atoms in total. The molecule has 0 saturated carbocycles. The second-order valence-corrected chi connectivity index (χ2v) is 5.24. The molecule has 2 aromatic rings. The Hall–Kier alpha value is -1.26. The van der Waals surface area contributed by atoms with Crippen LogP contribution in [0.25, 0.3) is 0 Å². The van der Waals surface area contributed by atoms with Gasteiger partial charge in [0.25, 0.3) is 0 Å². The molecule has 0 amide bonds. The van der Waals surface area contributed by atoms with Crippen LogP contribution in [0.1, 0.15) is 29.1 Å². The number of nitrogens with zero attached hydrogens (tertiary/aromatic N) is 1. The molecule has 0 saturated heterocycles. The number of thiazole rings is 1. The van der Waals surface area contributed by atoms with Gasteiger partial charge in [-0.1, -0.05) is 24.6 Å². The van der Waals surface area contributed by atoms with Crippen LogP contribution >= 0.6 is 11.3 Å². The van der Waals surface area contributed by atoms with Gasteiger partial charge in [-0.3, -0.25) is 0 Å². The molecule has 0 fully saturated rings. The third-order valence-corrected chi connectivity index (χ3v) is 3.64. The van der Waals surface area contributed by atoms with E-state index in [0.29, 0.717) is 0 Å². The van der Waals surface area contributed by atoms with Gasteiger partial charge in [-0.05, 0) is 19.5 Å². The molecule has 0 aliphatic carbocycles. The van der Waals surface area contributed by atoms with Gasteiger partial charge in [0.1, 0.15) is 5.82 Å². The number of aromatic nitrogens is 1. The molecule has 2 rings (SSSR count). The van der Waals surface area contributed by atoms with E-state index in [-0.39, 0.29) is 11.9 Å². The Morgan fingerprint density at radius 1 is 1.44 bits per heavy atom. The van der Waals surface area contributed by atoms with Gasteiger partial charge in [-0.25, -0.2) is 9.37 Å². The van der Waals surface area contributed by atoms with Crippen molar-refractivity contribution in [3.8, 4) is 0 Å². The van der Waals surface area contributed by atoms with Gasteiger partial charge in [-0.15, -0.1) is 11.3 Å². The fourth-order valence-corrected chi connectivity index (χ4v) is 2.66. The molecule has 1 unspecified atom stereocenters. The largest absolute Gasteiger partial charge is 0.310 e. The number of rotatable bonds is 5. The summed E-state index contributed by atoms with van der Waals surface area (Å²) in [5.41, 5.74) is 1.81. The van der Waals surface area contributed by atoms with Crippen LogP contribution in [0.4, 0.5) is 4.39 Å². The molecular weight excluding hydrogens is 247 g/mol. The van der Waals surface area contributed by atoms with E-state index < -0.39 is 0 Å². The Labute approximate surface area is 111 Å². The lowest BCUT2D eigenvalue weighted by molar-refractivity contribution is 0.509. The highest BCUT2D eigenvalue weighted by Crippen LogP contribution is 2.23. The van der Waals surface area contributed by atoms with Gasteiger partial charge in [0.15, 0.2) is 0 Å². The molecule has 1 heterocycles. The van der Waals surface area contributed by atoms with Crippen molar-refractivity contribution < 1.29 is 4.39 Å². The molecule has 0 aliphatic rings. The fourth-order valence-electron chi connectivity index (χ4n) is 2.00. The van der Waals surface area contributed by atoms with Crippen LogP contribution in [0.5, 0.6) is 0 Å². The lowest BCUT2D eigenvalue weighted by atomic mass is 10.0. The summed E-state index contributed by atoms with van der Waals surface area (Å²) in [5, 5.41) is 6.31. The van der Waals surface area contributed by atoms with Gasteiger partial charge in [0, 0.05) is 29.6 Å². The predicted octanol–water partition coefficient (Wildman–Crippen LogP) is 3.48. The molecule has 1 N–H and O–H groups in total. The van der Waals surface area contributed by atoms with Crippen LogP contribution in [0.2, 0.25) is 0 Å². The summed E-state index contributed by atoms with van der Waals surface area (Å²) in [4.78, 5) is 4.27.